The van der Waals surface area contributed by atoms with Gasteiger partial charge in [0.05, 0.1) is 6.54 Å². The van der Waals surface area contributed by atoms with E-state index in [0.29, 0.717) is 6.54 Å². The van der Waals surface area contributed by atoms with Crippen LogP contribution in [0.4, 0.5) is 4.79 Å². The van der Waals surface area contributed by atoms with E-state index in [9.17, 15) is 4.79 Å². The Bertz CT molecular complexity index is 153. The molecule has 64 valence electrons. The summed E-state index contributed by atoms with van der Waals surface area (Å²) in [6.45, 7) is 0.604. The topological polar surface area (TPSA) is 68.2 Å². The fraction of sp³-hybridized carbons (Fsp3) is 0.750. The van der Waals surface area contributed by atoms with E-state index in [0.717, 1.165) is 5.06 Å². The molecule has 1 saturated heterocycles. The second kappa shape index (κ2) is 3.82. The van der Waals surface area contributed by atoms with Crippen molar-refractivity contribution in [2.75, 3.05) is 20.3 Å². The monoisotopic (exact) mass is 181 g/mol. The predicted octanol–water partition coefficient (Wildman–Crippen LogP) is 0.236. The average Bonchev–Trinajstić information content (AvgIpc) is 2.37. The summed E-state index contributed by atoms with van der Waals surface area (Å²) in [7, 11) is -0.706. The molecule has 0 radical (unpaired) electrons. The Balaban J connectivity index is 2.30. The second-order valence-electron chi connectivity index (χ2n) is 1.72. The molecular formula is C4H8NO5P. The lowest BCUT2D eigenvalue weighted by Gasteiger charge is -2.13. The number of amides is 1. The molecule has 1 unspecified atom stereocenters. The van der Waals surface area contributed by atoms with E-state index in [1.807, 2.05) is 0 Å². The lowest BCUT2D eigenvalue weighted by Crippen LogP contribution is -2.22. The van der Waals surface area contributed by atoms with Gasteiger partial charge in [-0.3, -0.25) is 0 Å². The molecule has 0 bridgehead atoms. The lowest BCUT2D eigenvalue weighted by atomic mass is 10.7. The first-order valence-electron chi connectivity index (χ1n) is 2.89. The summed E-state index contributed by atoms with van der Waals surface area (Å²) in [4.78, 5) is 19.5. The first kappa shape index (κ1) is 8.67. The minimum atomic E-state index is -1.99. The van der Waals surface area contributed by atoms with E-state index in [1.54, 1.807) is 0 Å². The SMILES string of the molecule is COP(O)ON1CCOC1=O. The second-order valence-corrected chi connectivity index (χ2v) is 2.72. The molecule has 1 atom stereocenters. The molecular weight excluding hydrogens is 173 g/mol. The third kappa shape index (κ3) is 2.27. The smallest absolute Gasteiger partial charge is 0.434 e. The van der Waals surface area contributed by atoms with E-state index in [1.165, 1.54) is 7.11 Å². The maximum atomic E-state index is 10.6. The number of rotatable bonds is 3. The molecule has 0 aromatic carbocycles. The zero-order valence-electron chi connectivity index (χ0n) is 5.89. The Morgan fingerprint density at radius 2 is 2.55 bits per heavy atom. The first-order valence-corrected chi connectivity index (χ1v) is 4.02. The van der Waals surface area contributed by atoms with Crippen molar-refractivity contribution in [3.05, 3.63) is 0 Å². The van der Waals surface area contributed by atoms with Crippen LogP contribution in [-0.4, -0.2) is 36.3 Å². The molecule has 1 rings (SSSR count). The summed E-state index contributed by atoms with van der Waals surface area (Å²) in [5.41, 5.74) is 0. The fourth-order valence-electron chi connectivity index (χ4n) is 0.571. The van der Waals surface area contributed by atoms with Crippen LogP contribution in [0.1, 0.15) is 0 Å². The molecule has 1 heterocycles. The number of carbonyl (C=O) groups excluding carboxylic acids is 1. The molecule has 1 aliphatic rings. The molecule has 6 nitrogen and oxygen atoms in total. The Labute approximate surface area is 64.6 Å². The zero-order valence-corrected chi connectivity index (χ0v) is 6.78. The number of hydrogen-bond donors (Lipinski definition) is 1. The Kier molecular flexibility index (Phi) is 3.02. The molecule has 1 amide bonds. The molecule has 1 fully saturated rings. The summed E-state index contributed by atoms with van der Waals surface area (Å²) in [6, 6.07) is 0. The number of ether oxygens (including phenoxy) is 1. The molecule has 0 aliphatic carbocycles. The van der Waals surface area contributed by atoms with Crippen LogP contribution < -0.4 is 0 Å². The van der Waals surface area contributed by atoms with E-state index in [-0.39, 0.29) is 6.61 Å². The highest BCUT2D eigenvalue weighted by Crippen LogP contribution is 2.33. The van der Waals surface area contributed by atoms with Gasteiger partial charge in [-0.2, -0.15) is 9.69 Å². The first-order chi connectivity index (χ1) is 5.24. The van der Waals surface area contributed by atoms with Gasteiger partial charge in [0.1, 0.15) is 6.61 Å². The van der Waals surface area contributed by atoms with Gasteiger partial charge in [-0.1, -0.05) is 0 Å². The van der Waals surface area contributed by atoms with Crippen LogP contribution in [0.2, 0.25) is 0 Å². The molecule has 0 spiro atoms. The summed E-state index contributed by atoms with van der Waals surface area (Å²) in [5, 5.41) is 0.926. The van der Waals surface area contributed by atoms with Gasteiger partial charge in [0, 0.05) is 7.11 Å². The van der Waals surface area contributed by atoms with Crippen molar-refractivity contribution in [3.8, 4) is 0 Å². The van der Waals surface area contributed by atoms with Gasteiger partial charge < -0.3 is 14.2 Å². The van der Waals surface area contributed by atoms with Crippen LogP contribution in [0.3, 0.4) is 0 Å². The molecule has 1 aliphatic heterocycles. The largest absolute Gasteiger partial charge is 0.446 e. The van der Waals surface area contributed by atoms with Gasteiger partial charge in [-0.05, 0) is 0 Å². The molecule has 7 heteroatoms. The Morgan fingerprint density at radius 1 is 1.82 bits per heavy atom. The lowest BCUT2D eigenvalue weighted by molar-refractivity contribution is -0.0154. The van der Waals surface area contributed by atoms with Crippen LogP contribution in [-0.2, 0) is 13.9 Å². The summed E-state index contributed by atoms with van der Waals surface area (Å²) < 4.78 is 13.6. The van der Waals surface area contributed by atoms with Gasteiger partial charge in [-0.15, -0.1) is 0 Å². The van der Waals surface area contributed by atoms with Crippen LogP contribution in [0.5, 0.6) is 0 Å². The Hall–Kier alpha value is -0.420. The highest BCUT2D eigenvalue weighted by atomic mass is 31.2. The van der Waals surface area contributed by atoms with Crippen LogP contribution in [0, 0.1) is 0 Å². The maximum Gasteiger partial charge on any atom is 0.434 e. The van der Waals surface area contributed by atoms with Crippen molar-refractivity contribution in [3.63, 3.8) is 0 Å². The summed E-state index contributed by atoms with van der Waals surface area (Å²) >= 11 is 0. The molecule has 0 saturated carbocycles. The Morgan fingerprint density at radius 3 is 3.00 bits per heavy atom. The van der Waals surface area contributed by atoms with Crippen molar-refractivity contribution in [1.82, 2.24) is 5.06 Å². The quantitative estimate of drug-likeness (QED) is 0.631. The molecule has 0 aromatic heterocycles. The molecule has 11 heavy (non-hydrogen) atoms. The summed E-state index contributed by atoms with van der Waals surface area (Å²) in [5.74, 6) is 0. The fourth-order valence-corrected chi connectivity index (χ4v) is 0.955. The zero-order chi connectivity index (χ0) is 8.27. The highest BCUT2D eigenvalue weighted by Gasteiger charge is 2.26. The van der Waals surface area contributed by atoms with E-state index in [4.69, 9.17) is 4.89 Å². The van der Waals surface area contributed by atoms with Gasteiger partial charge in [0.2, 0.25) is 0 Å². The summed E-state index contributed by atoms with van der Waals surface area (Å²) in [6.07, 6.45) is -0.594. The van der Waals surface area contributed by atoms with E-state index < -0.39 is 14.7 Å². The molecule has 1 N–H and O–H groups in total. The number of hydroxylamine groups is 2. The minimum Gasteiger partial charge on any atom is -0.446 e. The van der Waals surface area contributed by atoms with E-state index in [2.05, 4.69) is 13.9 Å². The van der Waals surface area contributed by atoms with Gasteiger partial charge in [0.25, 0.3) is 0 Å². The number of carbonyl (C=O) groups is 1. The van der Waals surface area contributed by atoms with Gasteiger partial charge in [-0.25, -0.2) is 4.79 Å². The van der Waals surface area contributed by atoms with Crippen LogP contribution in [0.25, 0.3) is 0 Å². The predicted molar refractivity (Wildman–Crippen MR) is 35.3 cm³/mol. The third-order valence-electron chi connectivity index (χ3n) is 1.05. The highest BCUT2D eigenvalue weighted by molar-refractivity contribution is 7.40. The number of cyclic esters (lactones) is 1. The number of hydrogen-bond acceptors (Lipinski definition) is 5. The standard InChI is InChI=1S/C4H8NO5P/c1-8-11(7)10-5-2-3-9-4(5)6/h7H,2-3H2,1H3. The van der Waals surface area contributed by atoms with Crippen molar-refractivity contribution in [1.29, 1.82) is 0 Å². The maximum absolute atomic E-state index is 10.6. The van der Waals surface area contributed by atoms with Gasteiger partial charge in [0.15, 0.2) is 0 Å². The van der Waals surface area contributed by atoms with Crippen LogP contribution in [0.15, 0.2) is 0 Å². The van der Waals surface area contributed by atoms with Crippen molar-refractivity contribution >= 4 is 14.7 Å². The van der Waals surface area contributed by atoms with E-state index >= 15 is 0 Å². The average molecular weight is 181 g/mol. The minimum absolute atomic E-state index is 0.283. The van der Waals surface area contributed by atoms with Crippen LogP contribution >= 0.6 is 8.60 Å². The van der Waals surface area contributed by atoms with Crippen molar-refractivity contribution in [2.45, 2.75) is 0 Å². The van der Waals surface area contributed by atoms with Gasteiger partial charge >= 0.3 is 14.7 Å². The molecule has 0 aromatic rings. The number of nitrogens with zero attached hydrogens (tertiary/aromatic N) is 1. The van der Waals surface area contributed by atoms with Crippen molar-refractivity contribution in [2.24, 2.45) is 0 Å². The third-order valence-corrected chi connectivity index (χ3v) is 1.70. The normalized spacial score (nSPS) is 20.2. The van der Waals surface area contributed by atoms with Crippen molar-refractivity contribution < 1.29 is 23.6 Å².